The Morgan fingerprint density at radius 1 is 0.682 bits per heavy atom. The number of hydrogen-bond acceptors (Lipinski definition) is 0. The molecule has 0 aliphatic heterocycles. The molecule has 0 nitrogen and oxygen atoms in total. The zero-order valence-electron chi connectivity index (χ0n) is 11.8. The Morgan fingerprint density at radius 2 is 1.23 bits per heavy atom. The van der Waals surface area contributed by atoms with E-state index in [1.54, 1.807) is 6.08 Å². The third-order valence-electron chi connectivity index (χ3n) is 3.75. The minimum atomic E-state index is -4.79. The summed E-state index contributed by atoms with van der Waals surface area (Å²) in [6.07, 6.45) is -2.93. The number of allylic oxidation sites excluding steroid dienone is 2. The summed E-state index contributed by atoms with van der Waals surface area (Å²) >= 11 is 0. The first-order valence-corrected chi connectivity index (χ1v) is 7.17. The summed E-state index contributed by atoms with van der Waals surface area (Å²) in [5.41, 5.74) is -1.89. The van der Waals surface area contributed by atoms with E-state index >= 15 is 0 Å². The molecule has 0 unspecified atom stereocenters. The van der Waals surface area contributed by atoms with Crippen molar-refractivity contribution in [2.75, 3.05) is 0 Å². The largest absolute Gasteiger partial charge is 0.416 e. The Morgan fingerprint density at radius 3 is 1.77 bits per heavy atom. The van der Waals surface area contributed by atoms with Crippen molar-refractivity contribution in [3.63, 3.8) is 0 Å². The number of halogens is 6. The molecule has 1 aliphatic rings. The average molecular weight is 322 g/mol. The van der Waals surface area contributed by atoms with Crippen LogP contribution in [0.25, 0.3) is 5.57 Å². The molecule has 0 bridgehead atoms. The van der Waals surface area contributed by atoms with E-state index in [1.807, 2.05) is 0 Å². The maximum Gasteiger partial charge on any atom is 0.416 e. The molecule has 1 aliphatic carbocycles. The second-order valence-electron chi connectivity index (χ2n) is 5.48. The summed E-state index contributed by atoms with van der Waals surface area (Å²) in [5, 5.41) is 0. The van der Waals surface area contributed by atoms with Gasteiger partial charge >= 0.3 is 12.4 Å². The molecule has 2 rings (SSSR count). The molecule has 1 aromatic carbocycles. The van der Waals surface area contributed by atoms with Crippen LogP contribution in [-0.4, -0.2) is 0 Å². The van der Waals surface area contributed by atoms with E-state index in [2.05, 4.69) is 0 Å². The van der Waals surface area contributed by atoms with Crippen molar-refractivity contribution >= 4 is 5.57 Å². The van der Waals surface area contributed by atoms with Crippen LogP contribution in [0.5, 0.6) is 0 Å². The molecular weight excluding hydrogens is 306 g/mol. The van der Waals surface area contributed by atoms with Gasteiger partial charge in [0.25, 0.3) is 0 Å². The summed E-state index contributed by atoms with van der Waals surface area (Å²) in [6, 6.07) is 1.82. The van der Waals surface area contributed by atoms with E-state index in [-0.39, 0.29) is 11.6 Å². The van der Waals surface area contributed by atoms with Gasteiger partial charge in [0.05, 0.1) is 11.1 Å². The van der Waals surface area contributed by atoms with Crippen LogP contribution in [0.1, 0.15) is 55.2 Å². The summed E-state index contributed by atoms with van der Waals surface area (Å²) in [4.78, 5) is 0. The molecule has 0 atom stereocenters. The SMILES string of the molecule is FC(F)(F)c1cc(/C2=C/CCCCCC2)cc(C(F)(F)F)c1. The molecular formula is C16H16F6. The molecule has 0 aromatic heterocycles. The van der Waals surface area contributed by atoms with Crippen molar-refractivity contribution in [2.45, 2.75) is 50.9 Å². The van der Waals surface area contributed by atoms with Gasteiger partial charge in [-0.2, -0.15) is 26.3 Å². The molecule has 0 fully saturated rings. The highest BCUT2D eigenvalue weighted by Crippen LogP contribution is 2.38. The van der Waals surface area contributed by atoms with Crippen LogP contribution in [-0.2, 0) is 12.4 Å². The lowest BCUT2D eigenvalue weighted by Crippen LogP contribution is -2.11. The van der Waals surface area contributed by atoms with Gasteiger partial charge in [-0.25, -0.2) is 0 Å². The quantitative estimate of drug-likeness (QED) is 0.520. The first-order valence-electron chi connectivity index (χ1n) is 7.17. The zero-order valence-corrected chi connectivity index (χ0v) is 11.8. The van der Waals surface area contributed by atoms with Gasteiger partial charge in [-0.3, -0.25) is 0 Å². The standard InChI is InChI=1S/C16H16F6/c17-15(18,19)13-8-12(9-14(10-13)16(20,21)22)11-6-4-2-1-3-5-7-11/h6,8-10H,1-5,7H2/b11-6+. The van der Waals surface area contributed by atoms with Crippen molar-refractivity contribution < 1.29 is 26.3 Å². The van der Waals surface area contributed by atoms with E-state index in [0.717, 1.165) is 37.8 Å². The smallest absolute Gasteiger partial charge is 0.166 e. The van der Waals surface area contributed by atoms with Gasteiger partial charge in [-0.05, 0) is 55.0 Å². The second-order valence-corrected chi connectivity index (χ2v) is 5.48. The third kappa shape index (κ3) is 4.27. The van der Waals surface area contributed by atoms with Crippen LogP contribution in [0.3, 0.4) is 0 Å². The first kappa shape index (κ1) is 16.9. The maximum atomic E-state index is 12.9. The molecule has 0 radical (unpaired) electrons. The Balaban J connectivity index is 2.49. The van der Waals surface area contributed by atoms with Gasteiger partial charge in [0.1, 0.15) is 0 Å². The van der Waals surface area contributed by atoms with Gasteiger partial charge in [0.2, 0.25) is 0 Å². The maximum absolute atomic E-state index is 12.9. The van der Waals surface area contributed by atoms with Crippen LogP contribution >= 0.6 is 0 Å². The first-order chi connectivity index (χ1) is 10.2. The summed E-state index contributed by atoms with van der Waals surface area (Å²) in [7, 11) is 0. The van der Waals surface area contributed by atoms with Crippen LogP contribution in [0.2, 0.25) is 0 Å². The molecule has 0 spiro atoms. The monoisotopic (exact) mass is 322 g/mol. The van der Waals surface area contributed by atoms with E-state index in [9.17, 15) is 26.3 Å². The Bertz CT molecular complexity index is 518. The zero-order chi connectivity index (χ0) is 16.4. The minimum Gasteiger partial charge on any atom is -0.166 e. The van der Waals surface area contributed by atoms with Crippen molar-refractivity contribution in [1.29, 1.82) is 0 Å². The van der Waals surface area contributed by atoms with Gasteiger partial charge in [0.15, 0.2) is 0 Å². The fraction of sp³-hybridized carbons (Fsp3) is 0.500. The lowest BCUT2D eigenvalue weighted by molar-refractivity contribution is -0.143. The minimum absolute atomic E-state index is 0.0315. The molecule has 122 valence electrons. The van der Waals surface area contributed by atoms with Gasteiger partial charge in [0, 0.05) is 0 Å². The normalized spacial score (nSPS) is 20.0. The fourth-order valence-electron chi connectivity index (χ4n) is 2.59. The van der Waals surface area contributed by atoms with Crippen LogP contribution < -0.4 is 0 Å². The van der Waals surface area contributed by atoms with Gasteiger partial charge < -0.3 is 0 Å². The van der Waals surface area contributed by atoms with E-state index in [0.29, 0.717) is 18.4 Å². The topological polar surface area (TPSA) is 0 Å². The van der Waals surface area contributed by atoms with Crippen molar-refractivity contribution in [3.05, 3.63) is 41.0 Å². The molecule has 0 amide bonds. The van der Waals surface area contributed by atoms with Crippen LogP contribution in [0.4, 0.5) is 26.3 Å². The molecule has 0 N–H and O–H groups in total. The Kier molecular flexibility index (Phi) is 4.87. The molecule has 22 heavy (non-hydrogen) atoms. The summed E-state index contributed by atoms with van der Waals surface area (Å²) in [5.74, 6) is 0. The third-order valence-corrected chi connectivity index (χ3v) is 3.75. The number of benzene rings is 1. The predicted molar refractivity (Wildman–Crippen MR) is 72.1 cm³/mol. The highest BCUT2D eigenvalue weighted by atomic mass is 19.4. The fourth-order valence-corrected chi connectivity index (χ4v) is 2.59. The van der Waals surface area contributed by atoms with E-state index < -0.39 is 23.5 Å². The lowest BCUT2D eigenvalue weighted by Gasteiger charge is -2.17. The number of rotatable bonds is 1. The summed E-state index contributed by atoms with van der Waals surface area (Å²) in [6.45, 7) is 0. The van der Waals surface area contributed by atoms with Crippen LogP contribution in [0, 0.1) is 0 Å². The van der Waals surface area contributed by atoms with Gasteiger partial charge in [-0.1, -0.05) is 18.9 Å². The lowest BCUT2D eigenvalue weighted by atomic mass is 9.92. The summed E-state index contributed by atoms with van der Waals surface area (Å²) < 4.78 is 77.2. The molecule has 0 saturated carbocycles. The van der Waals surface area contributed by atoms with Crippen molar-refractivity contribution in [1.82, 2.24) is 0 Å². The van der Waals surface area contributed by atoms with Crippen molar-refractivity contribution in [2.24, 2.45) is 0 Å². The van der Waals surface area contributed by atoms with Crippen LogP contribution in [0.15, 0.2) is 24.3 Å². The Labute approximate surface area is 124 Å². The van der Waals surface area contributed by atoms with E-state index in [1.165, 1.54) is 0 Å². The molecule has 1 aromatic rings. The van der Waals surface area contributed by atoms with Gasteiger partial charge in [-0.15, -0.1) is 0 Å². The highest BCUT2D eigenvalue weighted by molar-refractivity contribution is 5.67. The van der Waals surface area contributed by atoms with E-state index in [4.69, 9.17) is 0 Å². The second kappa shape index (κ2) is 6.34. The molecule has 0 heterocycles. The number of hydrogen-bond donors (Lipinski definition) is 0. The predicted octanol–water partition coefficient (Wildman–Crippen LogP) is 6.46. The highest BCUT2D eigenvalue weighted by Gasteiger charge is 2.37. The molecule has 0 saturated heterocycles. The Hall–Kier alpha value is -1.46. The average Bonchev–Trinajstić information content (AvgIpc) is 2.35. The number of alkyl halides is 6. The van der Waals surface area contributed by atoms with Crippen molar-refractivity contribution in [3.8, 4) is 0 Å². The molecule has 6 heteroatoms.